The number of anilines is 2. The maximum absolute atomic E-state index is 14.4. The van der Waals surface area contributed by atoms with Gasteiger partial charge in [0.15, 0.2) is 5.13 Å². The monoisotopic (exact) mass is 493 g/mol. The van der Waals surface area contributed by atoms with Crippen molar-refractivity contribution in [1.29, 1.82) is 0 Å². The molecule has 1 aliphatic carbocycles. The summed E-state index contributed by atoms with van der Waals surface area (Å²) in [5.41, 5.74) is -2.31. The van der Waals surface area contributed by atoms with E-state index in [1.807, 2.05) is 0 Å². The lowest BCUT2D eigenvalue weighted by atomic mass is 9.85. The Morgan fingerprint density at radius 3 is 2.56 bits per heavy atom. The van der Waals surface area contributed by atoms with E-state index in [1.54, 1.807) is 0 Å². The highest BCUT2D eigenvalue weighted by atomic mass is 32.1. The van der Waals surface area contributed by atoms with Crippen molar-refractivity contribution in [3.63, 3.8) is 0 Å². The molecule has 1 saturated heterocycles. The minimum atomic E-state index is -4.86. The lowest BCUT2D eigenvalue weighted by Gasteiger charge is -2.43. The van der Waals surface area contributed by atoms with Crippen LogP contribution in [0, 0.1) is 5.82 Å². The van der Waals surface area contributed by atoms with Crippen LogP contribution in [0.5, 0.6) is 0 Å². The molecule has 0 spiro atoms. The molecule has 3 N–H and O–H groups in total. The molecular weight excluding hydrogens is 474 g/mol. The van der Waals surface area contributed by atoms with E-state index in [4.69, 9.17) is 0 Å². The first-order chi connectivity index (χ1) is 16.2. The number of amides is 3. The van der Waals surface area contributed by atoms with Crippen LogP contribution in [0.3, 0.4) is 0 Å². The maximum Gasteiger partial charge on any atom is 0.419 e. The summed E-state index contributed by atoms with van der Waals surface area (Å²) in [6, 6.07) is 8.32. The third-order valence-corrected chi connectivity index (χ3v) is 6.81. The third-order valence-electron chi connectivity index (χ3n) is 5.88. The van der Waals surface area contributed by atoms with E-state index in [0.717, 1.165) is 11.3 Å². The van der Waals surface area contributed by atoms with Crippen LogP contribution in [0.4, 0.5) is 33.2 Å². The van der Waals surface area contributed by atoms with Gasteiger partial charge in [-0.05, 0) is 54.8 Å². The topological polar surface area (TPSA) is 86.4 Å². The molecule has 0 radical (unpaired) electrons. The summed E-state index contributed by atoms with van der Waals surface area (Å²) in [5, 5.41) is 7.65. The van der Waals surface area contributed by atoms with Crippen LogP contribution in [0.1, 0.15) is 18.4 Å². The smallest absolute Gasteiger partial charge is 0.336 e. The summed E-state index contributed by atoms with van der Waals surface area (Å²) in [7, 11) is 0. The van der Waals surface area contributed by atoms with Crippen molar-refractivity contribution in [3.8, 4) is 0 Å². The molecular formula is C22H19F4N5O2S. The molecule has 1 atom stereocenters. The number of urea groups is 1. The van der Waals surface area contributed by atoms with Crippen LogP contribution < -0.4 is 16.0 Å². The van der Waals surface area contributed by atoms with E-state index in [1.165, 1.54) is 47.4 Å². The first kappa shape index (κ1) is 22.5. The molecule has 3 aromatic rings. The second-order valence-corrected chi connectivity index (χ2v) is 9.22. The highest BCUT2D eigenvalue weighted by molar-refractivity contribution is 7.22. The number of fused-ring (bicyclic) bond motifs is 1. The van der Waals surface area contributed by atoms with E-state index in [2.05, 4.69) is 20.9 Å². The fraction of sp³-hybridized carbons (Fsp3) is 0.318. The van der Waals surface area contributed by atoms with E-state index >= 15 is 0 Å². The van der Waals surface area contributed by atoms with Crippen molar-refractivity contribution in [2.24, 2.45) is 0 Å². The summed E-state index contributed by atoms with van der Waals surface area (Å²) >= 11 is 0.984. The molecule has 2 aliphatic rings. The van der Waals surface area contributed by atoms with Crippen LogP contribution in [0.2, 0.25) is 0 Å². The first-order valence-electron chi connectivity index (χ1n) is 10.5. The number of hydrogen-bond acceptors (Lipinski definition) is 5. The van der Waals surface area contributed by atoms with Gasteiger partial charge in [-0.15, -0.1) is 0 Å². The number of rotatable bonds is 4. The molecule has 12 heteroatoms. The van der Waals surface area contributed by atoms with Crippen LogP contribution in [0.25, 0.3) is 10.2 Å². The standard InChI is InChI=1S/C22H19F4N5O2S/c23-13-2-4-14(5-3-13)28-19(33)30-20-29-16-8-1-12(11-17(16)34-20)21(22(24,25)26)18(32)31(10-9-27-21)15-6-7-15/h1-5,8,11,15,27H,6-7,9-10H2,(H2,28,29,30,33)/t21-/m1/s1. The zero-order chi connectivity index (χ0) is 24.1. The summed E-state index contributed by atoms with van der Waals surface area (Å²) in [5.74, 6) is -1.44. The van der Waals surface area contributed by atoms with Crippen molar-refractivity contribution in [2.75, 3.05) is 23.7 Å². The second kappa shape index (κ2) is 8.20. The van der Waals surface area contributed by atoms with E-state index in [9.17, 15) is 27.2 Å². The molecule has 2 fully saturated rings. The molecule has 7 nitrogen and oxygen atoms in total. The average Bonchev–Trinajstić information content (AvgIpc) is 3.54. The fourth-order valence-electron chi connectivity index (χ4n) is 4.11. The van der Waals surface area contributed by atoms with Crippen LogP contribution >= 0.6 is 11.3 Å². The van der Waals surface area contributed by atoms with Crippen molar-refractivity contribution in [3.05, 3.63) is 53.8 Å². The normalized spacial score (nSPS) is 21.1. The van der Waals surface area contributed by atoms with E-state index in [0.29, 0.717) is 28.7 Å². The summed E-state index contributed by atoms with van der Waals surface area (Å²) in [6.45, 7) is 0.264. The minimum Gasteiger partial charge on any atom is -0.336 e. The van der Waals surface area contributed by atoms with Crippen LogP contribution in [-0.4, -0.2) is 47.1 Å². The van der Waals surface area contributed by atoms with Gasteiger partial charge in [0.1, 0.15) is 5.82 Å². The number of carbonyl (C=O) groups excluding carboxylic acids is 2. The average molecular weight is 493 g/mol. The van der Waals surface area contributed by atoms with Crippen molar-refractivity contribution < 1.29 is 27.2 Å². The highest BCUT2D eigenvalue weighted by Gasteiger charge is 2.65. The van der Waals surface area contributed by atoms with Gasteiger partial charge in [0.2, 0.25) is 5.54 Å². The fourth-order valence-corrected chi connectivity index (χ4v) is 5.01. The van der Waals surface area contributed by atoms with Crippen LogP contribution in [0.15, 0.2) is 42.5 Å². The Kier molecular flexibility index (Phi) is 5.44. The SMILES string of the molecule is O=C(Nc1ccc(F)cc1)Nc1nc2ccc([C@@]3(C(F)(F)F)NCCN(C4CC4)C3=O)cc2s1. The molecule has 2 aromatic carbocycles. The molecule has 0 unspecified atom stereocenters. The van der Waals surface area contributed by atoms with Gasteiger partial charge >= 0.3 is 12.2 Å². The Hall–Kier alpha value is -3.25. The van der Waals surface area contributed by atoms with Crippen molar-refractivity contribution >= 4 is 44.3 Å². The van der Waals surface area contributed by atoms with Gasteiger partial charge in [0.05, 0.1) is 10.2 Å². The minimum absolute atomic E-state index is 0.0266. The predicted molar refractivity (Wildman–Crippen MR) is 119 cm³/mol. The molecule has 34 heavy (non-hydrogen) atoms. The van der Waals surface area contributed by atoms with Crippen molar-refractivity contribution in [1.82, 2.24) is 15.2 Å². The number of aromatic nitrogens is 1. The van der Waals surface area contributed by atoms with Gasteiger partial charge in [0, 0.05) is 24.8 Å². The number of halogens is 4. The van der Waals surface area contributed by atoms with Gasteiger partial charge in [-0.3, -0.25) is 15.4 Å². The van der Waals surface area contributed by atoms with Crippen molar-refractivity contribution in [2.45, 2.75) is 30.6 Å². The zero-order valence-electron chi connectivity index (χ0n) is 17.6. The Morgan fingerprint density at radius 2 is 1.88 bits per heavy atom. The van der Waals surface area contributed by atoms with E-state index < -0.39 is 29.5 Å². The number of piperazine rings is 1. The molecule has 178 valence electrons. The lowest BCUT2D eigenvalue weighted by Crippen LogP contribution is -2.69. The number of carbonyl (C=O) groups is 2. The summed E-state index contributed by atoms with van der Waals surface area (Å²) < 4.78 is 56.6. The van der Waals surface area contributed by atoms with Gasteiger partial charge in [0.25, 0.3) is 5.91 Å². The van der Waals surface area contributed by atoms with Gasteiger partial charge in [-0.25, -0.2) is 14.2 Å². The number of benzene rings is 2. The predicted octanol–water partition coefficient (Wildman–Crippen LogP) is 4.43. The van der Waals surface area contributed by atoms with E-state index in [-0.39, 0.29) is 29.8 Å². The number of thiazole rings is 1. The van der Waals surface area contributed by atoms with Crippen LogP contribution in [-0.2, 0) is 10.3 Å². The second-order valence-electron chi connectivity index (χ2n) is 8.19. The van der Waals surface area contributed by atoms with Gasteiger partial charge in [-0.1, -0.05) is 17.4 Å². The highest BCUT2D eigenvalue weighted by Crippen LogP contribution is 2.45. The summed E-state index contributed by atoms with van der Waals surface area (Å²) in [4.78, 5) is 30.9. The molecule has 3 amide bonds. The molecule has 0 bridgehead atoms. The molecule has 1 aromatic heterocycles. The number of nitrogens with one attached hydrogen (secondary N) is 3. The zero-order valence-corrected chi connectivity index (χ0v) is 18.4. The largest absolute Gasteiger partial charge is 0.419 e. The number of nitrogens with zero attached hydrogens (tertiary/aromatic N) is 2. The Morgan fingerprint density at radius 1 is 1.15 bits per heavy atom. The summed E-state index contributed by atoms with van der Waals surface area (Å²) in [6.07, 6.45) is -3.43. The van der Waals surface area contributed by atoms with Gasteiger partial charge in [-0.2, -0.15) is 13.2 Å². The Bertz CT molecular complexity index is 1260. The number of hydrogen-bond donors (Lipinski definition) is 3. The first-order valence-corrected chi connectivity index (χ1v) is 11.4. The maximum atomic E-state index is 14.4. The molecule has 5 rings (SSSR count). The quantitative estimate of drug-likeness (QED) is 0.470. The number of alkyl halides is 3. The Balaban J connectivity index is 1.42. The molecule has 1 aliphatic heterocycles. The Labute approximate surface area is 195 Å². The van der Waals surface area contributed by atoms with Gasteiger partial charge < -0.3 is 10.2 Å². The molecule has 2 heterocycles. The third kappa shape index (κ3) is 3.96. The lowest BCUT2D eigenvalue weighted by molar-refractivity contribution is -0.214. The molecule has 1 saturated carbocycles.